The Morgan fingerprint density at radius 2 is 2.11 bits per heavy atom. The average Bonchev–Trinajstić information content (AvgIpc) is 3.42. The van der Waals surface area contributed by atoms with Crippen molar-refractivity contribution in [1.29, 1.82) is 0 Å². The van der Waals surface area contributed by atoms with Gasteiger partial charge in [0.25, 0.3) is 0 Å². The standard InChI is InChI=1S/C23H26O5/c1-11-4-3-5-12-9-15-16(20(24)27-19(15)17(11)12)10-26-21-18-13-6-7-14(8-13)23(18,2)22(25)28-21/h6-7,10-11,13-15,18-19,21H,3-5,8-9H2,1-2H3/b16-10+/t11-,13-,14+,15-,18+,19+,21-,23+/m0/s1. The second-order valence-electron chi connectivity index (χ2n) is 9.67. The summed E-state index contributed by atoms with van der Waals surface area (Å²) in [7, 11) is 0. The van der Waals surface area contributed by atoms with E-state index in [2.05, 4.69) is 19.1 Å². The summed E-state index contributed by atoms with van der Waals surface area (Å²) in [5, 5.41) is 0. The minimum atomic E-state index is -0.611. The Balaban J connectivity index is 1.25. The van der Waals surface area contributed by atoms with Crippen LogP contribution in [0.2, 0.25) is 0 Å². The number of hydrogen-bond acceptors (Lipinski definition) is 5. The Morgan fingerprint density at radius 3 is 2.96 bits per heavy atom. The van der Waals surface area contributed by atoms with Crippen molar-refractivity contribution in [2.24, 2.45) is 35.0 Å². The fourth-order valence-electron chi connectivity index (χ4n) is 6.91. The van der Waals surface area contributed by atoms with Gasteiger partial charge in [-0.2, -0.15) is 0 Å². The number of rotatable bonds is 2. The topological polar surface area (TPSA) is 61.8 Å². The monoisotopic (exact) mass is 382 g/mol. The predicted molar refractivity (Wildman–Crippen MR) is 99.4 cm³/mol. The van der Waals surface area contributed by atoms with Crippen LogP contribution in [0.15, 0.2) is 35.1 Å². The SMILES string of the molecule is C[C@H]1CCCC2=C1[C@@H]1OC(=O)/C(=C/O[C@H]3OC(=O)[C@@]4(C)[C@@H]3[C@H]3C=C[C@@H]4C3)[C@@H]1C2. The Labute approximate surface area is 164 Å². The molecule has 0 aromatic carbocycles. The zero-order chi connectivity index (χ0) is 19.2. The maximum Gasteiger partial charge on any atom is 0.338 e. The molecule has 5 nitrogen and oxygen atoms in total. The highest BCUT2D eigenvalue weighted by Crippen LogP contribution is 2.61. The van der Waals surface area contributed by atoms with Crippen molar-refractivity contribution in [2.75, 3.05) is 0 Å². The van der Waals surface area contributed by atoms with Gasteiger partial charge in [-0.1, -0.05) is 24.6 Å². The molecule has 2 saturated heterocycles. The zero-order valence-electron chi connectivity index (χ0n) is 16.4. The quantitative estimate of drug-likeness (QED) is 0.316. The smallest absolute Gasteiger partial charge is 0.338 e. The molecule has 4 aliphatic carbocycles. The van der Waals surface area contributed by atoms with Crippen LogP contribution in [-0.4, -0.2) is 24.3 Å². The molecule has 5 heteroatoms. The van der Waals surface area contributed by atoms with Gasteiger partial charge in [0, 0.05) is 5.92 Å². The van der Waals surface area contributed by atoms with Gasteiger partial charge in [-0.25, -0.2) is 4.79 Å². The van der Waals surface area contributed by atoms with Gasteiger partial charge in [0.05, 0.1) is 23.2 Å². The van der Waals surface area contributed by atoms with Gasteiger partial charge in [-0.3, -0.25) is 4.79 Å². The molecule has 148 valence electrons. The van der Waals surface area contributed by atoms with Crippen molar-refractivity contribution in [1.82, 2.24) is 0 Å². The summed E-state index contributed by atoms with van der Waals surface area (Å²) in [5.41, 5.74) is 2.94. The van der Waals surface area contributed by atoms with Gasteiger partial charge in [0.15, 0.2) is 0 Å². The van der Waals surface area contributed by atoms with E-state index in [-0.39, 0.29) is 35.8 Å². The van der Waals surface area contributed by atoms with E-state index in [0.717, 1.165) is 19.3 Å². The molecule has 8 atom stereocenters. The maximum atomic E-state index is 12.6. The van der Waals surface area contributed by atoms with Crippen molar-refractivity contribution in [3.8, 4) is 0 Å². The minimum Gasteiger partial charge on any atom is -0.461 e. The van der Waals surface area contributed by atoms with Crippen LogP contribution < -0.4 is 0 Å². The summed E-state index contributed by atoms with van der Waals surface area (Å²) in [4.78, 5) is 25.1. The van der Waals surface area contributed by atoms with Crippen molar-refractivity contribution >= 4 is 11.9 Å². The van der Waals surface area contributed by atoms with Crippen LogP contribution in [-0.2, 0) is 23.8 Å². The number of fused-ring (bicyclic) bond motifs is 7. The third-order valence-corrected chi connectivity index (χ3v) is 8.39. The lowest BCUT2D eigenvalue weighted by molar-refractivity contribution is -0.161. The second kappa shape index (κ2) is 5.52. The molecule has 0 amide bonds. The van der Waals surface area contributed by atoms with E-state index < -0.39 is 11.7 Å². The predicted octanol–water partition coefficient (Wildman–Crippen LogP) is 3.66. The van der Waals surface area contributed by atoms with Crippen LogP contribution in [0.25, 0.3) is 0 Å². The molecule has 0 aromatic heterocycles. The lowest BCUT2D eigenvalue weighted by atomic mass is 9.71. The highest BCUT2D eigenvalue weighted by Gasteiger charge is 2.67. The largest absolute Gasteiger partial charge is 0.461 e. The van der Waals surface area contributed by atoms with Crippen LogP contribution in [0.5, 0.6) is 0 Å². The molecule has 28 heavy (non-hydrogen) atoms. The molecule has 0 spiro atoms. The molecule has 0 aromatic rings. The van der Waals surface area contributed by atoms with Gasteiger partial charge in [-0.05, 0) is 62.4 Å². The van der Waals surface area contributed by atoms with Crippen LogP contribution in [0.1, 0.15) is 46.0 Å². The number of carbonyl (C=O) groups excluding carboxylic acids is 2. The summed E-state index contributed by atoms with van der Waals surface area (Å²) in [6.45, 7) is 4.24. The van der Waals surface area contributed by atoms with Crippen LogP contribution in [0.3, 0.4) is 0 Å². The van der Waals surface area contributed by atoms with Crippen molar-refractivity contribution in [2.45, 2.75) is 58.3 Å². The minimum absolute atomic E-state index is 0.0231. The van der Waals surface area contributed by atoms with Gasteiger partial charge < -0.3 is 14.2 Å². The highest BCUT2D eigenvalue weighted by molar-refractivity contribution is 5.92. The molecule has 2 bridgehead atoms. The first-order valence-electron chi connectivity index (χ1n) is 10.7. The third-order valence-electron chi connectivity index (χ3n) is 8.39. The first-order valence-corrected chi connectivity index (χ1v) is 10.7. The molecule has 2 aliphatic heterocycles. The fraction of sp³-hybridized carbons (Fsp3) is 0.652. The number of hydrogen-bond donors (Lipinski definition) is 0. The summed E-state index contributed by atoms with van der Waals surface area (Å²) < 4.78 is 17.4. The lowest BCUT2D eigenvalue weighted by Gasteiger charge is -2.28. The van der Waals surface area contributed by atoms with Crippen LogP contribution in [0, 0.1) is 35.0 Å². The Morgan fingerprint density at radius 1 is 1.25 bits per heavy atom. The van der Waals surface area contributed by atoms with E-state index in [9.17, 15) is 9.59 Å². The molecule has 0 N–H and O–H groups in total. The number of carbonyl (C=O) groups is 2. The van der Waals surface area contributed by atoms with Gasteiger partial charge in [-0.15, -0.1) is 0 Å². The molecule has 3 fully saturated rings. The van der Waals surface area contributed by atoms with Crippen molar-refractivity contribution < 1.29 is 23.8 Å². The van der Waals surface area contributed by atoms with E-state index in [4.69, 9.17) is 14.2 Å². The summed E-state index contributed by atoms with van der Waals surface area (Å²) in [6.07, 6.45) is 10.6. The van der Waals surface area contributed by atoms with Gasteiger partial charge >= 0.3 is 11.9 Å². The number of cyclic esters (lactones) is 1. The molecule has 0 unspecified atom stereocenters. The van der Waals surface area contributed by atoms with E-state index in [1.54, 1.807) is 6.26 Å². The van der Waals surface area contributed by atoms with Crippen molar-refractivity contribution in [3.63, 3.8) is 0 Å². The molecule has 2 heterocycles. The van der Waals surface area contributed by atoms with Crippen LogP contribution >= 0.6 is 0 Å². The number of ether oxygens (including phenoxy) is 3. The molecule has 6 aliphatic rings. The first-order chi connectivity index (χ1) is 13.5. The van der Waals surface area contributed by atoms with E-state index in [0.29, 0.717) is 17.4 Å². The summed E-state index contributed by atoms with van der Waals surface area (Å²) in [5.74, 6) is 0.676. The van der Waals surface area contributed by atoms with E-state index >= 15 is 0 Å². The fourth-order valence-corrected chi connectivity index (χ4v) is 6.91. The molecular weight excluding hydrogens is 356 g/mol. The van der Waals surface area contributed by atoms with Gasteiger partial charge in [0.1, 0.15) is 6.10 Å². The molecule has 0 radical (unpaired) electrons. The average molecular weight is 382 g/mol. The second-order valence-corrected chi connectivity index (χ2v) is 9.67. The molecule has 1 saturated carbocycles. The molecular formula is C23H26O5. The zero-order valence-corrected chi connectivity index (χ0v) is 16.4. The summed E-state index contributed by atoms with van der Waals surface area (Å²) >= 11 is 0. The van der Waals surface area contributed by atoms with E-state index in [1.165, 1.54) is 24.0 Å². The maximum absolute atomic E-state index is 12.6. The lowest BCUT2D eigenvalue weighted by Crippen LogP contribution is -2.35. The van der Waals surface area contributed by atoms with Crippen LogP contribution in [0.4, 0.5) is 0 Å². The Hall–Kier alpha value is -2.04. The number of esters is 2. The Bertz CT molecular complexity index is 866. The number of allylic oxidation sites excluding steroid dienone is 3. The Kier molecular flexibility index (Phi) is 3.33. The molecule has 6 rings (SSSR count). The summed E-state index contributed by atoms with van der Waals surface area (Å²) in [6, 6.07) is 0. The third kappa shape index (κ3) is 1.98. The normalized spacial score (nSPS) is 49.4. The highest BCUT2D eigenvalue weighted by atomic mass is 16.7. The van der Waals surface area contributed by atoms with E-state index in [1.807, 2.05) is 6.92 Å². The van der Waals surface area contributed by atoms with Crippen molar-refractivity contribution in [3.05, 3.63) is 35.1 Å². The van der Waals surface area contributed by atoms with Gasteiger partial charge in [0.2, 0.25) is 6.29 Å². The first kappa shape index (κ1) is 16.9.